The number of nitrogens with one attached hydrogen (secondary N) is 1. The molecule has 3 aliphatic rings. The first kappa shape index (κ1) is 23.3. The molecule has 0 saturated carbocycles. The smallest absolute Gasteiger partial charge is 0.260 e. The summed E-state index contributed by atoms with van der Waals surface area (Å²) in [4.78, 5) is 24.8. The van der Waals surface area contributed by atoms with Crippen LogP contribution in [-0.2, 0) is 21.6 Å². The van der Waals surface area contributed by atoms with Gasteiger partial charge in [0.1, 0.15) is 11.5 Å². The molecule has 3 saturated heterocycles. The fourth-order valence-electron chi connectivity index (χ4n) is 5.38. The second-order valence-corrected chi connectivity index (χ2v) is 9.51. The number of aryl methyl sites for hydroxylation is 1. The summed E-state index contributed by atoms with van der Waals surface area (Å²) in [5.41, 5.74) is 4.61. The number of quaternary nitrogens is 1. The molecule has 8 heteroatoms. The van der Waals surface area contributed by atoms with Gasteiger partial charge in [-0.25, -0.2) is 0 Å². The zero-order chi connectivity index (χ0) is 23.5. The summed E-state index contributed by atoms with van der Waals surface area (Å²) in [6.07, 6.45) is 4.51. The lowest BCUT2D eigenvalue weighted by Gasteiger charge is -2.53. The van der Waals surface area contributed by atoms with Crippen molar-refractivity contribution < 1.29 is 28.3 Å². The van der Waals surface area contributed by atoms with Crippen molar-refractivity contribution in [1.29, 1.82) is 0 Å². The molecular formula is C25H34N3O5+. The van der Waals surface area contributed by atoms with Gasteiger partial charge in [0.25, 0.3) is 5.91 Å². The van der Waals surface area contributed by atoms with E-state index in [1.54, 1.807) is 19.2 Å². The Kier molecular flexibility index (Phi) is 6.76. The molecule has 2 aromatic rings. The molecule has 4 heterocycles. The number of amides is 2. The van der Waals surface area contributed by atoms with Crippen molar-refractivity contribution in [3.63, 3.8) is 0 Å². The number of hydrogen-bond donors (Lipinski definition) is 3. The van der Waals surface area contributed by atoms with E-state index in [2.05, 4.69) is 5.32 Å². The normalized spacial score (nSPS) is 25.9. The zero-order valence-corrected chi connectivity index (χ0v) is 19.2. The fourth-order valence-corrected chi connectivity index (χ4v) is 5.38. The number of nitrogens with two attached hydrogens (primary N) is 1. The van der Waals surface area contributed by atoms with E-state index in [0.717, 1.165) is 48.3 Å². The third-order valence-electron chi connectivity index (χ3n) is 7.49. The molecule has 1 aromatic heterocycles. The summed E-state index contributed by atoms with van der Waals surface area (Å²) in [7, 11) is 1.61. The Hall–Kier alpha value is -2.84. The van der Waals surface area contributed by atoms with Gasteiger partial charge in [-0.2, -0.15) is 0 Å². The molecule has 3 fully saturated rings. The molecule has 178 valence electrons. The van der Waals surface area contributed by atoms with Crippen molar-refractivity contribution in [3.05, 3.63) is 54.0 Å². The van der Waals surface area contributed by atoms with Gasteiger partial charge in [0.2, 0.25) is 11.5 Å². The predicted molar refractivity (Wildman–Crippen MR) is 122 cm³/mol. The van der Waals surface area contributed by atoms with Crippen LogP contribution >= 0.6 is 0 Å². The number of nitrogens with zero attached hydrogens (tertiary/aromatic N) is 1. The maximum absolute atomic E-state index is 13.5. The highest BCUT2D eigenvalue weighted by Gasteiger charge is 2.49. The van der Waals surface area contributed by atoms with Gasteiger partial charge in [-0.15, -0.1) is 0 Å². The van der Waals surface area contributed by atoms with Gasteiger partial charge in [0.05, 0.1) is 52.0 Å². The molecule has 0 aliphatic carbocycles. The standard InChI is InChI=1S/C25H33N3O5/c1-32-20-6-4-18(5-7-20)8-12-25(31,22-3-2-16-33-22)24(30)27-21-17-28(15-11-23(26)29)13-9-19(21)10-14-28/h2-7,16,19,21,31H,8-15,17H2,1H3,(H2-,26,27,29,30)/p+1/t19?,21-,25?,28?/m0/s1. The summed E-state index contributed by atoms with van der Waals surface area (Å²) in [6.45, 7) is 3.47. The van der Waals surface area contributed by atoms with Crippen LogP contribution in [0.25, 0.3) is 0 Å². The molecule has 2 atom stereocenters. The number of methoxy groups -OCH3 is 1. The van der Waals surface area contributed by atoms with Crippen LogP contribution in [0, 0.1) is 5.92 Å². The van der Waals surface area contributed by atoms with Gasteiger partial charge in [0.15, 0.2) is 0 Å². The average molecular weight is 457 g/mol. The highest BCUT2D eigenvalue weighted by atomic mass is 16.5. The highest BCUT2D eigenvalue weighted by molar-refractivity contribution is 5.86. The number of piperidine rings is 3. The van der Waals surface area contributed by atoms with Crippen molar-refractivity contribution in [1.82, 2.24) is 5.32 Å². The second-order valence-electron chi connectivity index (χ2n) is 9.51. The largest absolute Gasteiger partial charge is 0.497 e. The summed E-state index contributed by atoms with van der Waals surface area (Å²) in [5.74, 6) is 0.658. The Morgan fingerprint density at radius 2 is 1.97 bits per heavy atom. The predicted octanol–water partition coefficient (Wildman–Crippen LogP) is 1.71. The van der Waals surface area contributed by atoms with E-state index in [0.29, 0.717) is 25.3 Å². The molecule has 2 bridgehead atoms. The number of primary amides is 1. The molecule has 1 unspecified atom stereocenters. The van der Waals surface area contributed by atoms with Gasteiger partial charge in [-0.1, -0.05) is 12.1 Å². The summed E-state index contributed by atoms with van der Waals surface area (Å²) in [6, 6.07) is 10.9. The van der Waals surface area contributed by atoms with E-state index >= 15 is 0 Å². The molecule has 1 aromatic carbocycles. The maximum Gasteiger partial charge on any atom is 0.260 e. The Bertz CT molecular complexity index is 951. The first-order valence-corrected chi connectivity index (χ1v) is 11.7. The first-order valence-electron chi connectivity index (χ1n) is 11.7. The van der Waals surface area contributed by atoms with E-state index in [9.17, 15) is 14.7 Å². The minimum absolute atomic E-state index is 0.0460. The third kappa shape index (κ3) is 5.07. The number of carbonyl (C=O) groups excluding carboxylic acids is 2. The average Bonchev–Trinajstić information content (AvgIpc) is 3.38. The Morgan fingerprint density at radius 3 is 2.58 bits per heavy atom. The minimum atomic E-state index is -1.77. The Labute approximate surface area is 194 Å². The topological polar surface area (TPSA) is 115 Å². The number of ether oxygens (including phenoxy) is 1. The van der Waals surface area contributed by atoms with E-state index in [1.165, 1.54) is 6.26 Å². The van der Waals surface area contributed by atoms with Gasteiger partial charge in [-0.05, 0) is 48.6 Å². The summed E-state index contributed by atoms with van der Waals surface area (Å²) >= 11 is 0. The van der Waals surface area contributed by atoms with Crippen molar-refractivity contribution in [2.75, 3.05) is 33.3 Å². The van der Waals surface area contributed by atoms with Gasteiger partial charge in [0, 0.05) is 12.8 Å². The lowest BCUT2D eigenvalue weighted by Crippen LogP contribution is -2.68. The zero-order valence-electron chi connectivity index (χ0n) is 19.2. The SMILES string of the molecule is COc1ccc(CCC(O)(C(=O)N[C@H]2C[N+]3(CCC(N)=O)CCC2CC3)c2ccco2)cc1. The number of fused-ring (bicyclic) bond motifs is 3. The third-order valence-corrected chi connectivity index (χ3v) is 7.49. The Balaban J connectivity index is 1.47. The molecule has 0 radical (unpaired) electrons. The van der Waals surface area contributed by atoms with Crippen LogP contribution in [0.4, 0.5) is 0 Å². The van der Waals surface area contributed by atoms with Crippen LogP contribution in [0.2, 0.25) is 0 Å². The summed E-state index contributed by atoms with van der Waals surface area (Å²) < 4.78 is 11.5. The monoisotopic (exact) mass is 456 g/mol. The number of hydrogen-bond acceptors (Lipinski definition) is 5. The molecule has 33 heavy (non-hydrogen) atoms. The molecule has 8 nitrogen and oxygen atoms in total. The number of benzene rings is 1. The quantitative estimate of drug-likeness (QED) is 0.471. The number of aliphatic hydroxyl groups is 1. The van der Waals surface area contributed by atoms with Crippen LogP contribution in [0.3, 0.4) is 0 Å². The van der Waals surface area contributed by atoms with Crippen molar-refractivity contribution in [3.8, 4) is 5.75 Å². The van der Waals surface area contributed by atoms with Crippen LogP contribution in [0.1, 0.15) is 37.0 Å². The molecule has 0 spiro atoms. The number of carbonyl (C=O) groups is 2. The van der Waals surface area contributed by atoms with Gasteiger partial charge >= 0.3 is 0 Å². The van der Waals surface area contributed by atoms with Crippen LogP contribution in [0.5, 0.6) is 5.75 Å². The van der Waals surface area contributed by atoms with Crippen molar-refractivity contribution >= 4 is 11.8 Å². The van der Waals surface area contributed by atoms with E-state index in [-0.39, 0.29) is 24.1 Å². The molecule has 5 rings (SSSR count). The maximum atomic E-state index is 13.5. The van der Waals surface area contributed by atoms with E-state index < -0.39 is 11.5 Å². The van der Waals surface area contributed by atoms with Crippen molar-refractivity contribution in [2.24, 2.45) is 11.7 Å². The van der Waals surface area contributed by atoms with E-state index in [1.807, 2.05) is 24.3 Å². The van der Waals surface area contributed by atoms with E-state index in [4.69, 9.17) is 14.9 Å². The molecule has 3 aliphatic heterocycles. The molecule has 2 amide bonds. The Morgan fingerprint density at radius 1 is 1.24 bits per heavy atom. The molecular weight excluding hydrogens is 422 g/mol. The van der Waals surface area contributed by atoms with Gasteiger partial charge in [-0.3, -0.25) is 9.59 Å². The van der Waals surface area contributed by atoms with Crippen LogP contribution in [0.15, 0.2) is 47.1 Å². The summed E-state index contributed by atoms with van der Waals surface area (Å²) in [5, 5.41) is 14.7. The number of furan rings is 1. The fraction of sp³-hybridized carbons (Fsp3) is 0.520. The number of rotatable bonds is 10. The first-order chi connectivity index (χ1) is 15.8. The lowest BCUT2D eigenvalue weighted by atomic mass is 9.80. The van der Waals surface area contributed by atoms with Crippen molar-refractivity contribution in [2.45, 2.75) is 43.7 Å². The lowest BCUT2D eigenvalue weighted by molar-refractivity contribution is -0.943. The van der Waals surface area contributed by atoms with Crippen LogP contribution in [-0.4, -0.2) is 60.7 Å². The highest BCUT2D eigenvalue weighted by Crippen LogP contribution is 2.35. The minimum Gasteiger partial charge on any atom is -0.497 e. The van der Waals surface area contributed by atoms with Crippen LogP contribution < -0.4 is 15.8 Å². The second kappa shape index (κ2) is 9.57. The van der Waals surface area contributed by atoms with Gasteiger partial charge < -0.3 is 29.8 Å². The molecule has 4 N–H and O–H groups in total.